The average molecular weight is 443 g/mol. The van der Waals surface area contributed by atoms with E-state index >= 15 is 0 Å². The van der Waals surface area contributed by atoms with E-state index in [0.29, 0.717) is 5.56 Å². The molecule has 0 aromatic heterocycles. The van der Waals surface area contributed by atoms with Gasteiger partial charge in [-0.25, -0.2) is 17.6 Å². The lowest BCUT2D eigenvalue weighted by molar-refractivity contribution is -0.0504. The number of carbonyl (C=O) groups is 1. The summed E-state index contributed by atoms with van der Waals surface area (Å²) in [5.74, 6) is -0.865. The molecule has 0 unspecified atom stereocenters. The van der Waals surface area contributed by atoms with Crippen molar-refractivity contribution in [1.29, 1.82) is 0 Å². The van der Waals surface area contributed by atoms with E-state index in [-0.39, 0.29) is 38.5 Å². The van der Waals surface area contributed by atoms with Gasteiger partial charge in [0.15, 0.2) is 0 Å². The fourth-order valence-corrected chi connectivity index (χ4v) is 4.56. The summed E-state index contributed by atoms with van der Waals surface area (Å²) in [5.41, 5.74) is 0.381. The second kappa shape index (κ2) is 9.35. The lowest BCUT2D eigenvalue weighted by Crippen LogP contribution is -2.53. The first-order chi connectivity index (χ1) is 14.3. The molecule has 0 radical (unpaired) electrons. The topological polar surface area (TPSA) is 79.0 Å². The summed E-state index contributed by atoms with van der Waals surface area (Å²) in [7, 11) is -4.00. The van der Waals surface area contributed by atoms with Crippen molar-refractivity contribution in [1.82, 2.24) is 14.5 Å². The Hall–Kier alpha value is -2.79. The molecule has 1 fully saturated rings. The number of ether oxygens (including phenoxy) is 1. The van der Waals surface area contributed by atoms with E-state index in [1.54, 1.807) is 12.1 Å². The van der Waals surface area contributed by atoms with Gasteiger partial charge in [-0.05, 0) is 18.2 Å². The summed E-state index contributed by atoms with van der Waals surface area (Å²) < 4.78 is 69.6. The van der Waals surface area contributed by atoms with E-state index in [2.05, 4.69) is 10.1 Å². The Balaban J connectivity index is 1.57. The summed E-state index contributed by atoms with van der Waals surface area (Å²) in [6, 6.07) is 10.7. The summed E-state index contributed by atoms with van der Waals surface area (Å²) in [6.07, 6.45) is 0. The molecular formula is C19H20F3N3O4S. The quantitative estimate of drug-likeness (QED) is 0.745. The Morgan fingerprint density at radius 2 is 1.67 bits per heavy atom. The van der Waals surface area contributed by atoms with E-state index in [1.165, 1.54) is 35.2 Å². The van der Waals surface area contributed by atoms with Crippen LogP contribution < -0.4 is 10.1 Å². The number of halogens is 3. The largest absolute Gasteiger partial charge is 0.434 e. The first kappa shape index (κ1) is 21.9. The SMILES string of the molecule is O=C(NCc1ccccc1OC(F)F)N1CCN(S(=O)(=O)c2ccccc2F)CC1. The predicted molar refractivity (Wildman–Crippen MR) is 102 cm³/mol. The van der Waals surface area contributed by atoms with Crippen LogP contribution in [0.2, 0.25) is 0 Å². The summed E-state index contributed by atoms with van der Waals surface area (Å²) in [6.45, 7) is -2.78. The van der Waals surface area contributed by atoms with Gasteiger partial charge in [0.05, 0.1) is 0 Å². The molecule has 11 heteroatoms. The molecule has 3 rings (SSSR count). The number of hydrogen-bond donors (Lipinski definition) is 1. The number of nitrogens with one attached hydrogen (secondary N) is 1. The van der Waals surface area contributed by atoms with E-state index in [9.17, 15) is 26.4 Å². The molecule has 2 aromatic rings. The van der Waals surface area contributed by atoms with Gasteiger partial charge in [0, 0.05) is 38.3 Å². The molecular weight excluding hydrogens is 423 g/mol. The van der Waals surface area contributed by atoms with Gasteiger partial charge in [-0.3, -0.25) is 0 Å². The minimum Gasteiger partial charge on any atom is -0.434 e. The van der Waals surface area contributed by atoms with Crippen molar-refractivity contribution in [2.75, 3.05) is 26.2 Å². The summed E-state index contributed by atoms with van der Waals surface area (Å²) in [5, 5.41) is 2.61. The lowest BCUT2D eigenvalue weighted by Gasteiger charge is -2.34. The molecule has 30 heavy (non-hydrogen) atoms. The normalized spacial score (nSPS) is 15.3. The number of urea groups is 1. The molecule has 2 amide bonds. The van der Waals surface area contributed by atoms with Crippen LogP contribution in [0.3, 0.4) is 0 Å². The molecule has 1 heterocycles. The standard InChI is InChI=1S/C19H20F3N3O4S/c20-15-6-2-4-8-17(15)30(27,28)25-11-9-24(10-12-25)19(26)23-13-14-5-1-3-7-16(14)29-18(21)22/h1-8,18H,9-13H2,(H,23,26). The molecule has 1 saturated heterocycles. The zero-order valence-electron chi connectivity index (χ0n) is 15.8. The highest BCUT2D eigenvalue weighted by atomic mass is 32.2. The van der Waals surface area contributed by atoms with Crippen LogP contribution in [-0.4, -0.2) is 56.4 Å². The van der Waals surface area contributed by atoms with E-state index in [0.717, 1.165) is 10.4 Å². The third kappa shape index (κ3) is 5.03. The molecule has 7 nitrogen and oxygen atoms in total. The van der Waals surface area contributed by atoms with Crippen LogP contribution in [0.25, 0.3) is 0 Å². The Bertz CT molecular complexity index is 996. The second-order valence-corrected chi connectivity index (χ2v) is 8.37. The predicted octanol–water partition coefficient (Wildman–Crippen LogP) is 2.64. The summed E-state index contributed by atoms with van der Waals surface area (Å²) in [4.78, 5) is 13.4. The van der Waals surface area contributed by atoms with Gasteiger partial charge in [-0.2, -0.15) is 13.1 Å². The van der Waals surface area contributed by atoms with Gasteiger partial charge in [-0.15, -0.1) is 0 Å². The van der Waals surface area contributed by atoms with E-state index in [4.69, 9.17) is 0 Å². The maximum Gasteiger partial charge on any atom is 0.387 e. The highest BCUT2D eigenvalue weighted by molar-refractivity contribution is 7.89. The number of hydrogen-bond acceptors (Lipinski definition) is 4. The molecule has 0 atom stereocenters. The van der Waals surface area contributed by atoms with Crippen LogP contribution in [0.15, 0.2) is 53.4 Å². The Morgan fingerprint density at radius 1 is 1.03 bits per heavy atom. The first-order valence-electron chi connectivity index (χ1n) is 9.09. The Labute approximate surface area is 172 Å². The smallest absolute Gasteiger partial charge is 0.387 e. The number of para-hydroxylation sites is 1. The number of rotatable bonds is 6. The fourth-order valence-electron chi connectivity index (χ4n) is 3.07. The number of carbonyl (C=O) groups excluding carboxylic acids is 1. The Morgan fingerprint density at radius 3 is 2.33 bits per heavy atom. The van der Waals surface area contributed by atoms with Crippen LogP contribution in [-0.2, 0) is 16.6 Å². The van der Waals surface area contributed by atoms with Crippen molar-refractivity contribution >= 4 is 16.1 Å². The molecule has 1 N–H and O–H groups in total. The minimum atomic E-state index is -4.00. The molecule has 2 aromatic carbocycles. The van der Waals surface area contributed by atoms with Crippen molar-refractivity contribution in [3.8, 4) is 5.75 Å². The molecule has 0 bridgehead atoms. The molecule has 0 saturated carbocycles. The number of amides is 2. The average Bonchev–Trinajstić information content (AvgIpc) is 2.73. The van der Waals surface area contributed by atoms with Crippen molar-refractivity contribution in [3.05, 3.63) is 59.9 Å². The molecule has 1 aliphatic heterocycles. The van der Waals surface area contributed by atoms with Gasteiger partial charge in [0.1, 0.15) is 16.5 Å². The minimum absolute atomic E-state index is 0.00910. The number of piperazine rings is 1. The lowest BCUT2D eigenvalue weighted by atomic mass is 10.2. The molecule has 1 aliphatic rings. The first-order valence-corrected chi connectivity index (χ1v) is 10.5. The van der Waals surface area contributed by atoms with Crippen molar-refractivity contribution in [2.45, 2.75) is 18.1 Å². The number of nitrogens with zero attached hydrogens (tertiary/aromatic N) is 2. The fraction of sp³-hybridized carbons (Fsp3) is 0.316. The van der Waals surface area contributed by atoms with Crippen LogP contribution in [0, 0.1) is 5.82 Å². The molecule has 0 spiro atoms. The number of benzene rings is 2. The Kier molecular flexibility index (Phi) is 6.83. The third-order valence-corrected chi connectivity index (χ3v) is 6.53. The van der Waals surface area contributed by atoms with Gasteiger partial charge < -0.3 is 15.0 Å². The second-order valence-electron chi connectivity index (χ2n) is 6.47. The van der Waals surface area contributed by atoms with Gasteiger partial charge in [0.2, 0.25) is 10.0 Å². The number of sulfonamides is 1. The van der Waals surface area contributed by atoms with Crippen LogP contribution >= 0.6 is 0 Å². The van der Waals surface area contributed by atoms with Crippen LogP contribution in [0.4, 0.5) is 18.0 Å². The van der Waals surface area contributed by atoms with Gasteiger partial charge >= 0.3 is 12.6 Å². The van der Waals surface area contributed by atoms with E-state index < -0.39 is 33.4 Å². The van der Waals surface area contributed by atoms with Crippen LogP contribution in [0.1, 0.15) is 5.56 Å². The zero-order chi connectivity index (χ0) is 21.7. The third-order valence-electron chi connectivity index (χ3n) is 4.60. The van der Waals surface area contributed by atoms with Gasteiger partial charge in [-0.1, -0.05) is 30.3 Å². The van der Waals surface area contributed by atoms with Crippen molar-refractivity contribution in [3.63, 3.8) is 0 Å². The maximum absolute atomic E-state index is 13.9. The van der Waals surface area contributed by atoms with Crippen molar-refractivity contribution in [2.24, 2.45) is 0 Å². The van der Waals surface area contributed by atoms with Gasteiger partial charge in [0.25, 0.3) is 0 Å². The van der Waals surface area contributed by atoms with Crippen LogP contribution in [0.5, 0.6) is 5.75 Å². The highest BCUT2D eigenvalue weighted by Crippen LogP contribution is 2.21. The zero-order valence-corrected chi connectivity index (χ0v) is 16.6. The van der Waals surface area contributed by atoms with Crippen molar-refractivity contribution < 1.29 is 31.1 Å². The monoisotopic (exact) mass is 443 g/mol. The van der Waals surface area contributed by atoms with E-state index in [1.807, 2.05) is 0 Å². The highest BCUT2D eigenvalue weighted by Gasteiger charge is 2.31. The maximum atomic E-state index is 13.9. The molecule has 0 aliphatic carbocycles. The summed E-state index contributed by atoms with van der Waals surface area (Å²) >= 11 is 0. The molecule has 162 valence electrons. The number of alkyl halides is 2.